The van der Waals surface area contributed by atoms with Gasteiger partial charge in [0.2, 0.25) is 5.91 Å². The third-order valence-corrected chi connectivity index (χ3v) is 4.10. The number of nitrogens with zero attached hydrogens (tertiary/aromatic N) is 1. The zero-order valence-electron chi connectivity index (χ0n) is 13.4. The van der Waals surface area contributed by atoms with Gasteiger partial charge in [0.25, 0.3) is 0 Å². The lowest BCUT2D eigenvalue weighted by atomic mass is 9.94. The van der Waals surface area contributed by atoms with Crippen LogP contribution in [0.3, 0.4) is 0 Å². The number of hydrogen-bond donors (Lipinski definition) is 2. The molecule has 0 spiro atoms. The monoisotopic (exact) mass is 305 g/mol. The van der Waals surface area contributed by atoms with Crippen LogP contribution in [0.15, 0.2) is 24.3 Å². The van der Waals surface area contributed by atoms with E-state index in [0.717, 1.165) is 24.3 Å². The molecule has 0 bridgehead atoms. The Kier molecular flexibility index (Phi) is 6.52. The number of benzene rings is 1. The van der Waals surface area contributed by atoms with Gasteiger partial charge in [-0.05, 0) is 44.0 Å². The van der Waals surface area contributed by atoms with Crippen molar-refractivity contribution in [2.45, 2.75) is 45.1 Å². The van der Waals surface area contributed by atoms with Gasteiger partial charge in [0.1, 0.15) is 5.75 Å². The molecule has 0 atom stereocenters. The summed E-state index contributed by atoms with van der Waals surface area (Å²) in [4.78, 5) is 13.5. The number of carbonyl (C=O) groups excluding carboxylic acids is 1. The number of amides is 1. The lowest BCUT2D eigenvalue weighted by molar-refractivity contribution is -0.119. The van der Waals surface area contributed by atoms with Crippen LogP contribution in [-0.4, -0.2) is 36.7 Å². The van der Waals surface area contributed by atoms with Crippen LogP contribution in [0.4, 0.5) is 5.69 Å². The molecule has 0 radical (unpaired) electrons. The summed E-state index contributed by atoms with van der Waals surface area (Å²) in [5.41, 5.74) is 6.42. The Morgan fingerprint density at radius 3 is 2.55 bits per heavy atom. The summed E-state index contributed by atoms with van der Waals surface area (Å²) in [6, 6.07) is 8.34. The molecule has 1 fully saturated rings. The summed E-state index contributed by atoms with van der Waals surface area (Å²) in [6.45, 7) is 3.59. The minimum atomic E-state index is -0.265. The van der Waals surface area contributed by atoms with Crippen molar-refractivity contribution >= 4 is 11.6 Å². The zero-order chi connectivity index (χ0) is 15.8. The van der Waals surface area contributed by atoms with E-state index in [1.54, 1.807) is 0 Å². The fraction of sp³-hybridized carbons (Fsp3) is 0.588. The summed E-state index contributed by atoms with van der Waals surface area (Å²) >= 11 is 0. The number of primary amides is 1. The molecule has 0 unspecified atom stereocenters. The zero-order valence-corrected chi connectivity index (χ0v) is 13.4. The van der Waals surface area contributed by atoms with Crippen LogP contribution >= 0.6 is 0 Å². The van der Waals surface area contributed by atoms with Crippen LogP contribution in [-0.2, 0) is 4.79 Å². The Labute approximate surface area is 132 Å². The van der Waals surface area contributed by atoms with Crippen LogP contribution in [0, 0.1) is 0 Å². The van der Waals surface area contributed by atoms with Crippen LogP contribution in [0.5, 0.6) is 5.75 Å². The van der Waals surface area contributed by atoms with Crippen molar-refractivity contribution in [3.05, 3.63) is 24.3 Å². The average molecular weight is 305 g/mol. The average Bonchev–Trinajstić information content (AvgIpc) is 2.53. The quantitative estimate of drug-likeness (QED) is 0.724. The molecule has 22 heavy (non-hydrogen) atoms. The Morgan fingerprint density at radius 1 is 1.27 bits per heavy atom. The molecule has 5 heteroatoms. The number of ether oxygens (including phenoxy) is 1. The van der Waals surface area contributed by atoms with E-state index in [1.807, 2.05) is 31.2 Å². The molecule has 1 aliphatic rings. The predicted molar refractivity (Wildman–Crippen MR) is 88.9 cm³/mol. The van der Waals surface area contributed by atoms with Gasteiger partial charge in [0, 0.05) is 11.7 Å². The number of hydrogen-bond acceptors (Lipinski definition) is 4. The first kappa shape index (κ1) is 16.6. The highest BCUT2D eigenvalue weighted by Crippen LogP contribution is 2.23. The highest BCUT2D eigenvalue weighted by molar-refractivity contribution is 5.76. The van der Waals surface area contributed by atoms with E-state index in [0.29, 0.717) is 25.9 Å². The van der Waals surface area contributed by atoms with Gasteiger partial charge in [0.05, 0.1) is 19.8 Å². The van der Waals surface area contributed by atoms with Gasteiger partial charge in [-0.25, -0.2) is 0 Å². The van der Waals surface area contributed by atoms with Gasteiger partial charge in [0.15, 0.2) is 0 Å². The Bertz CT molecular complexity index is 455. The topological polar surface area (TPSA) is 67.6 Å². The third kappa shape index (κ3) is 5.22. The van der Waals surface area contributed by atoms with Crippen molar-refractivity contribution in [1.29, 1.82) is 0 Å². The molecule has 1 aliphatic carbocycles. The second-order valence-electron chi connectivity index (χ2n) is 5.80. The Balaban J connectivity index is 1.90. The van der Waals surface area contributed by atoms with E-state index < -0.39 is 0 Å². The Morgan fingerprint density at radius 2 is 1.95 bits per heavy atom. The minimum Gasteiger partial charge on any atom is -0.494 e. The molecule has 1 aromatic rings. The van der Waals surface area contributed by atoms with E-state index in [2.05, 4.69) is 10.2 Å². The number of rotatable bonds is 8. The maximum atomic E-state index is 11.3. The molecule has 2 rings (SSSR count). The lowest BCUT2D eigenvalue weighted by Gasteiger charge is -2.33. The largest absolute Gasteiger partial charge is 0.494 e. The summed E-state index contributed by atoms with van der Waals surface area (Å²) in [6.07, 6.45) is 6.08. The molecule has 5 nitrogen and oxygen atoms in total. The molecule has 0 heterocycles. The summed E-state index contributed by atoms with van der Waals surface area (Å²) < 4.78 is 5.43. The van der Waals surface area contributed by atoms with Gasteiger partial charge in [-0.15, -0.1) is 0 Å². The molecular formula is C17H27N3O2. The van der Waals surface area contributed by atoms with Crippen LogP contribution in [0.25, 0.3) is 0 Å². The maximum absolute atomic E-state index is 11.3. The number of anilines is 1. The fourth-order valence-electron chi connectivity index (χ4n) is 2.99. The van der Waals surface area contributed by atoms with E-state index in [4.69, 9.17) is 10.5 Å². The molecule has 0 aromatic heterocycles. The molecule has 1 amide bonds. The molecule has 3 N–H and O–H groups in total. The maximum Gasteiger partial charge on any atom is 0.231 e. The van der Waals surface area contributed by atoms with Gasteiger partial charge < -0.3 is 15.8 Å². The predicted octanol–water partition coefficient (Wildman–Crippen LogP) is 2.57. The highest BCUT2D eigenvalue weighted by Gasteiger charge is 2.22. The van der Waals surface area contributed by atoms with Crippen LogP contribution < -0.4 is 15.8 Å². The van der Waals surface area contributed by atoms with Crippen molar-refractivity contribution in [2.75, 3.05) is 25.1 Å². The number of nitrogens with two attached hydrogens (primary N) is 1. The molecule has 1 aromatic carbocycles. The molecular weight excluding hydrogens is 278 g/mol. The van der Waals surface area contributed by atoms with Crippen molar-refractivity contribution in [2.24, 2.45) is 5.73 Å². The van der Waals surface area contributed by atoms with E-state index >= 15 is 0 Å². The van der Waals surface area contributed by atoms with Crippen LogP contribution in [0.2, 0.25) is 0 Å². The third-order valence-electron chi connectivity index (χ3n) is 4.10. The van der Waals surface area contributed by atoms with Crippen molar-refractivity contribution in [3.8, 4) is 5.75 Å². The second-order valence-corrected chi connectivity index (χ2v) is 5.80. The van der Waals surface area contributed by atoms with Crippen molar-refractivity contribution < 1.29 is 9.53 Å². The minimum absolute atomic E-state index is 0.265. The summed E-state index contributed by atoms with van der Waals surface area (Å²) in [5, 5.41) is 3.38. The normalized spacial score (nSPS) is 15.7. The molecule has 0 saturated heterocycles. The molecule has 1 saturated carbocycles. The van der Waals surface area contributed by atoms with Gasteiger partial charge in [-0.3, -0.25) is 9.69 Å². The van der Waals surface area contributed by atoms with Gasteiger partial charge in [-0.1, -0.05) is 19.3 Å². The van der Waals surface area contributed by atoms with Crippen molar-refractivity contribution in [1.82, 2.24) is 4.90 Å². The van der Waals surface area contributed by atoms with Crippen molar-refractivity contribution in [3.63, 3.8) is 0 Å². The first-order valence-corrected chi connectivity index (χ1v) is 8.18. The fourth-order valence-corrected chi connectivity index (χ4v) is 2.99. The Hall–Kier alpha value is -1.75. The highest BCUT2D eigenvalue weighted by atomic mass is 16.5. The molecule has 122 valence electrons. The molecule has 0 aliphatic heterocycles. The van der Waals surface area contributed by atoms with Crippen LogP contribution in [0.1, 0.15) is 39.0 Å². The number of nitrogens with one attached hydrogen (secondary N) is 1. The lowest BCUT2D eigenvalue weighted by Crippen LogP contribution is -2.44. The second kappa shape index (κ2) is 8.63. The van der Waals surface area contributed by atoms with E-state index in [-0.39, 0.29) is 5.91 Å². The van der Waals surface area contributed by atoms with E-state index in [9.17, 15) is 4.79 Å². The van der Waals surface area contributed by atoms with E-state index in [1.165, 1.54) is 19.3 Å². The SMILES string of the molecule is CCOc1ccc(NCN(CC(N)=O)C2CCCCC2)cc1. The van der Waals surface area contributed by atoms with Gasteiger partial charge in [-0.2, -0.15) is 0 Å². The summed E-state index contributed by atoms with van der Waals surface area (Å²) in [5.74, 6) is 0.605. The summed E-state index contributed by atoms with van der Waals surface area (Å²) in [7, 11) is 0. The smallest absolute Gasteiger partial charge is 0.231 e. The first-order chi connectivity index (χ1) is 10.7. The van der Waals surface area contributed by atoms with Gasteiger partial charge >= 0.3 is 0 Å². The standard InChI is InChI=1S/C17H27N3O2/c1-2-22-16-10-8-14(9-11-16)19-13-20(12-17(18)21)15-6-4-3-5-7-15/h8-11,15,19H,2-7,12-13H2,1H3,(H2,18,21). The first-order valence-electron chi connectivity index (χ1n) is 8.18. The number of carbonyl (C=O) groups is 1.